The molecule has 0 saturated heterocycles. The number of carbonyl (C=O) groups excluding carboxylic acids is 1. The van der Waals surface area contributed by atoms with Gasteiger partial charge in [-0.2, -0.15) is 5.10 Å². The van der Waals surface area contributed by atoms with Crippen LogP contribution in [-0.2, 0) is 4.79 Å². The second kappa shape index (κ2) is 9.73. The quantitative estimate of drug-likeness (QED) is 0.350. The van der Waals surface area contributed by atoms with Crippen molar-refractivity contribution in [3.05, 3.63) is 52.5 Å². The van der Waals surface area contributed by atoms with E-state index in [-0.39, 0.29) is 17.6 Å². The van der Waals surface area contributed by atoms with Gasteiger partial charge in [0.2, 0.25) is 0 Å². The van der Waals surface area contributed by atoms with Crippen molar-refractivity contribution in [2.75, 3.05) is 19.0 Å². The third kappa shape index (κ3) is 6.01. The molecule has 136 valence electrons. The van der Waals surface area contributed by atoms with Crippen molar-refractivity contribution in [1.29, 1.82) is 0 Å². The third-order valence-corrected chi connectivity index (χ3v) is 3.67. The van der Waals surface area contributed by atoms with Gasteiger partial charge in [0.1, 0.15) is 11.5 Å². The van der Waals surface area contributed by atoms with Gasteiger partial charge in [0.05, 0.1) is 19.0 Å². The second-order valence-corrected chi connectivity index (χ2v) is 6.31. The SMILES string of the molecule is COc1ccccc1NC(=O)COc1ccc(Br)cc1C=NNC(N)=S. The number of amides is 1. The lowest BCUT2D eigenvalue weighted by atomic mass is 10.2. The van der Waals surface area contributed by atoms with Gasteiger partial charge in [-0.3, -0.25) is 10.2 Å². The second-order valence-electron chi connectivity index (χ2n) is 4.95. The molecule has 7 nitrogen and oxygen atoms in total. The zero-order valence-corrected chi connectivity index (χ0v) is 16.3. The predicted molar refractivity (Wildman–Crippen MR) is 109 cm³/mol. The topological polar surface area (TPSA) is 98.0 Å². The van der Waals surface area contributed by atoms with Crippen LogP contribution >= 0.6 is 28.1 Å². The fourth-order valence-electron chi connectivity index (χ4n) is 1.99. The minimum Gasteiger partial charge on any atom is -0.495 e. The number of thiocarbonyl (C=S) groups is 1. The average molecular weight is 437 g/mol. The molecule has 0 heterocycles. The molecule has 0 aliphatic rings. The van der Waals surface area contributed by atoms with E-state index in [4.69, 9.17) is 15.2 Å². The summed E-state index contributed by atoms with van der Waals surface area (Å²) in [7, 11) is 1.54. The number of hydrogen-bond donors (Lipinski definition) is 3. The fraction of sp³-hybridized carbons (Fsp3) is 0.118. The summed E-state index contributed by atoms with van der Waals surface area (Å²) in [5, 5.41) is 6.69. The number of hydrogen-bond acceptors (Lipinski definition) is 5. The van der Waals surface area contributed by atoms with Crippen LogP contribution in [0.15, 0.2) is 52.0 Å². The van der Waals surface area contributed by atoms with Crippen LogP contribution in [0.2, 0.25) is 0 Å². The van der Waals surface area contributed by atoms with E-state index in [2.05, 4.69) is 44.0 Å². The van der Waals surface area contributed by atoms with E-state index in [1.54, 1.807) is 36.4 Å². The van der Waals surface area contributed by atoms with Gasteiger partial charge in [-0.15, -0.1) is 0 Å². The van der Waals surface area contributed by atoms with Gasteiger partial charge in [-0.25, -0.2) is 0 Å². The van der Waals surface area contributed by atoms with Crippen LogP contribution in [-0.4, -0.2) is 31.0 Å². The lowest BCUT2D eigenvalue weighted by Gasteiger charge is -2.12. The number of benzene rings is 2. The van der Waals surface area contributed by atoms with Gasteiger partial charge >= 0.3 is 0 Å². The Hall–Kier alpha value is -2.65. The van der Waals surface area contributed by atoms with E-state index >= 15 is 0 Å². The predicted octanol–water partition coefficient (Wildman–Crippen LogP) is 2.64. The highest BCUT2D eigenvalue weighted by atomic mass is 79.9. The summed E-state index contributed by atoms with van der Waals surface area (Å²) in [4.78, 5) is 12.2. The minimum atomic E-state index is -0.318. The Kier molecular flexibility index (Phi) is 7.37. The smallest absolute Gasteiger partial charge is 0.262 e. The summed E-state index contributed by atoms with van der Waals surface area (Å²) >= 11 is 8.06. The number of nitrogens with two attached hydrogens (primary N) is 1. The molecule has 26 heavy (non-hydrogen) atoms. The summed E-state index contributed by atoms with van der Waals surface area (Å²) < 4.78 is 11.6. The molecule has 0 aromatic heterocycles. The van der Waals surface area contributed by atoms with E-state index in [1.807, 2.05) is 6.07 Å². The zero-order chi connectivity index (χ0) is 18.9. The maximum Gasteiger partial charge on any atom is 0.262 e. The maximum absolute atomic E-state index is 12.2. The first kappa shape index (κ1) is 19.7. The van der Waals surface area contributed by atoms with Crippen molar-refractivity contribution in [2.24, 2.45) is 10.8 Å². The van der Waals surface area contributed by atoms with Crippen molar-refractivity contribution in [2.45, 2.75) is 0 Å². The van der Waals surface area contributed by atoms with Crippen LogP contribution < -0.4 is 25.9 Å². The maximum atomic E-state index is 12.2. The Morgan fingerprint density at radius 1 is 1.31 bits per heavy atom. The Labute approximate surface area is 164 Å². The molecule has 2 aromatic rings. The molecule has 0 fully saturated rings. The standard InChI is InChI=1S/C17H17BrN4O3S/c1-24-15-5-3-2-4-13(15)21-16(23)10-25-14-7-6-12(18)8-11(14)9-20-22-17(19)26/h2-9H,10H2,1H3,(H,21,23)(H3,19,22,26). The molecule has 0 aliphatic carbocycles. The number of methoxy groups -OCH3 is 1. The van der Waals surface area contributed by atoms with Crippen LogP contribution in [0.1, 0.15) is 5.56 Å². The summed E-state index contributed by atoms with van der Waals surface area (Å²) in [6.45, 7) is -0.177. The molecule has 0 aliphatic heterocycles. The summed E-state index contributed by atoms with van der Waals surface area (Å²) in [5.74, 6) is 0.736. The van der Waals surface area contributed by atoms with E-state index in [0.717, 1.165) is 4.47 Å². The van der Waals surface area contributed by atoms with Gasteiger partial charge in [-0.05, 0) is 42.5 Å². The highest BCUT2D eigenvalue weighted by molar-refractivity contribution is 9.10. The molecule has 0 bridgehead atoms. The molecule has 2 aromatic carbocycles. The first-order valence-electron chi connectivity index (χ1n) is 7.43. The van der Waals surface area contributed by atoms with Gasteiger partial charge < -0.3 is 20.5 Å². The van der Waals surface area contributed by atoms with E-state index in [0.29, 0.717) is 22.7 Å². The zero-order valence-electron chi connectivity index (χ0n) is 13.9. The molecule has 4 N–H and O–H groups in total. The molecular formula is C17H17BrN4O3S. The van der Waals surface area contributed by atoms with E-state index in [9.17, 15) is 4.79 Å². The summed E-state index contributed by atoms with van der Waals surface area (Å²) in [6.07, 6.45) is 1.50. The molecule has 0 saturated carbocycles. The van der Waals surface area contributed by atoms with E-state index < -0.39 is 0 Å². The largest absolute Gasteiger partial charge is 0.495 e. The van der Waals surface area contributed by atoms with E-state index in [1.165, 1.54) is 13.3 Å². The van der Waals surface area contributed by atoms with Gasteiger partial charge in [0.25, 0.3) is 5.91 Å². The molecule has 0 radical (unpaired) electrons. The Morgan fingerprint density at radius 2 is 2.08 bits per heavy atom. The van der Waals surface area contributed by atoms with Crippen LogP contribution in [0.25, 0.3) is 0 Å². The third-order valence-electron chi connectivity index (χ3n) is 3.09. The van der Waals surface area contributed by atoms with Crippen LogP contribution in [0.3, 0.4) is 0 Å². The van der Waals surface area contributed by atoms with Crippen molar-refractivity contribution in [3.8, 4) is 11.5 Å². The monoisotopic (exact) mass is 436 g/mol. The number of hydrazone groups is 1. The molecule has 1 amide bonds. The Bertz CT molecular complexity index is 829. The fourth-order valence-corrected chi connectivity index (χ4v) is 2.43. The lowest BCUT2D eigenvalue weighted by Crippen LogP contribution is -2.24. The van der Waals surface area contributed by atoms with Gasteiger partial charge in [0, 0.05) is 10.0 Å². The summed E-state index contributed by atoms with van der Waals surface area (Å²) in [6, 6.07) is 12.4. The van der Waals surface area contributed by atoms with Gasteiger partial charge in [0.15, 0.2) is 11.7 Å². The van der Waals surface area contributed by atoms with Crippen molar-refractivity contribution < 1.29 is 14.3 Å². The number of halogens is 1. The lowest BCUT2D eigenvalue weighted by molar-refractivity contribution is -0.118. The number of nitrogens with one attached hydrogen (secondary N) is 2. The number of anilines is 1. The molecule has 0 unspecified atom stereocenters. The van der Waals surface area contributed by atoms with Crippen LogP contribution in [0, 0.1) is 0 Å². The van der Waals surface area contributed by atoms with Crippen molar-refractivity contribution in [1.82, 2.24) is 5.43 Å². The first-order chi connectivity index (χ1) is 12.5. The molecular weight excluding hydrogens is 420 g/mol. The Morgan fingerprint density at radius 3 is 2.81 bits per heavy atom. The van der Waals surface area contributed by atoms with Crippen molar-refractivity contribution >= 4 is 51.1 Å². The van der Waals surface area contributed by atoms with Crippen LogP contribution in [0.4, 0.5) is 5.69 Å². The number of nitrogens with zero attached hydrogens (tertiary/aromatic N) is 1. The van der Waals surface area contributed by atoms with Crippen LogP contribution in [0.5, 0.6) is 11.5 Å². The van der Waals surface area contributed by atoms with Crippen molar-refractivity contribution in [3.63, 3.8) is 0 Å². The molecule has 0 atom stereocenters. The van der Waals surface area contributed by atoms with Gasteiger partial charge in [-0.1, -0.05) is 28.1 Å². The average Bonchev–Trinajstić information content (AvgIpc) is 2.61. The molecule has 0 spiro atoms. The molecule has 9 heteroatoms. The summed E-state index contributed by atoms with van der Waals surface area (Å²) in [5.41, 5.74) is 9.01. The highest BCUT2D eigenvalue weighted by Crippen LogP contribution is 2.24. The minimum absolute atomic E-state index is 0.0508. The number of rotatable bonds is 7. The molecule has 2 rings (SSSR count). The number of ether oxygens (including phenoxy) is 2. The normalized spacial score (nSPS) is 10.4. The number of carbonyl (C=O) groups is 1. The highest BCUT2D eigenvalue weighted by Gasteiger charge is 2.09. The first-order valence-corrected chi connectivity index (χ1v) is 8.63. The Balaban J connectivity index is 2.03. The number of para-hydroxylation sites is 2.